The summed E-state index contributed by atoms with van der Waals surface area (Å²) in [5, 5.41) is 0. The lowest BCUT2D eigenvalue weighted by molar-refractivity contribution is 0.565. The molecule has 15 heavy (non-hydrogen) atoms. The fourth-order valence-corrected chi connectivity index (χ4v) is 1.68. The standard InChI is InChI=1S/C13H11NO/c15-10-14-13-9-5-4-8-12(13)11-6-2-1-3-7-11/h2,4-9H,1,3H2. The van der Waals surface area contributed by atoms with Crippen molar-refractivity contribution in [2.75, 3.05) is 0 Å². The van der Waals surface area contributed by atoms with Crippen LogP contribution in [0.5, 0.6) is 0 Å². The maximum absolute atomic E-state index is 10.3. The highest BCUT2D eigenvalue weighted by atomic mass is 16.1. The number of rotatable bonds is 2. The van der Waals surface area contributed by atoms with Gasteiger partial charge in [-0.15, -0.1) is 0 Å². The summed E-state index contributed by atoms with van der Waals surface area (Å²) in [6.45, 7) is 0. The molecular weight excluding hydrogens is 186 g/mol. The Morgan fingerprint density at radius 2 is 2.07 bits per heavy atom. The van der Waals surface area contributed by atoms with Gasteiger partial charge >= 0.3 is 0 Å². The van der Waals surface area contributed by atoms with Crippen molar-refractivity contribution < 1.29 is 4.79 Å². The summed E-state index contributed by atoms with van der Waals surface area (Å²) < 4.78 is 0. The SMILES string of the molecule is O=C=Nc1ccccc1C1=CCCC=C1. The second-order valence-corrected chi connectivity index (χ2v) is 3.36. The van der Waals surface area contributed by atoms with Crippen molar-refractivity contribution in [3.63, 3.8) is 0 Å². The van der Waals surface area contributed by atoms with Gasteiger partial charge in [0.25, 0.3) is 0 Å². The van der Waals surface area contributed by atoms with Gasteiger partial charge in [0.1, 0.15) is 0 Å². The van der Waals surface area contributed by atoms with Crippen LogP contribution in [0.3, 0.4) is 0 Å². The smallest absolute Gasteiger partial charge is 0.211 e. The van der Waals surface area contributed by atoms with Gasteiger partial charge in [0.15, 0.2) is 0 Å². The summed E-state index contributed by atoms with van der Waals surface area (Å²) in [5.41, 5.74) is 2.82. The van der Waals surface area contributed by atoms with E-state index in [4.69, 9.17) is 0 Å². The number of carbonyl (C=O) groups excluding carboxylic acids is 1. The van der Waals surface area contributed by atoms with Crippen molar-refractivity contribution in [2.24, 2.45) is 4.99 Å². The predicted octanol–water partition coefficient (Wildman–Crippen LogP) is 3.39. The molecule has 2 rings (SSSR count). The molecule has 1 aromatic carbocycles. The van der Waals surface area contributed by atoms with Crippen LogP contribution >= 0.6 is 0 Å². The summed E-state index contributed by atoms with van der Waals surface area (Å²) in [6.07, 6.45) is 10.1. The molecule has 0 unspecified atom stereocenters. The first-order chi connectivity index (χ1) is 7.42. The zero-order chi connectivity index (χ0) is 10.5. The first-order valence-electron chi connectivity index (χ1n) is 4.96. The third kappa shape index (κ3) is 2.12. The lowest BCUT2D eigenvalue weighted by Gasteiger charge is -2.08. The highest BCUT2D eigenvalue weighted by molar-refractivity contribution is 5.82. The summed E-state index contributed by atoms with van der Waals surface area (Å²) in [7, 11) is 0. The van der Waals surface area contributed by atoms with Crippen LogP contribution in [-0.2, 0) is 4.79 Å². The van der Waals surface area contributed by atoms with E-state index in [0.717, 1.165) is 24.0 Å². The molecule has 0 heterocycles. The molecule has 0 spiro atoms. The highest BCUT2D eigenvalue weighted by Gasteiger charge is 2.05. The van der Waals surface area contributed by atoms with Crippen LogP contribution < -0.4 is 0 Å². The summed E-state index contributed by atoms with van der Waals surface area (Å²) in [4.78, 5) is 14.0. The van der Waals surface area contributed by atoms with E-state index in [0.29, 0.717) is 5.69 Å². The van der Waals surface area contributed by atoms with E-state index in [-0.39, 0.29) is 0 Å². The first-order valence-corrected chi connectivity index (χ1v) is 4.96. The van der Waals surface area contributed by atoms with Crippen LogP contribution in [0.2, 0.25) is 0 Å². The van der Waals surface area contributed by atoms with Gasteiger partial charge in [-0.2, -0.15) is 4.99 Å². The van der Waals surface area contributed by atoms with Crippen molar-refractivity contribution in [1.29, 1.82) is 0 Å². The van der Waals surface area contributed by atoms with E-state index in [1.165, 1.54) is 0 Å². The molecule has 2 heteroatoms. The Labute approximate surface area is 88.7 Å². The van der Waals surface area contributed by atoms with Crippen molar-refractivity contribution >= 4 is 17.3 Å². The molecule has 2 nitrogen and oxygen atoms in total. The molecule has 74 valence electrons. The molecule has 0 amide bonds. The molecule has 0 fully saturated rings. The lowest BCUT2D eigenvalue weighted by Crippen LogP contribution is -1.86. The van der Waals surface area contributed by atoms with Gasteiger partial charge < -0.3 is 0 Å². The van der Waals surface area contributed by atoms with Crippen molar-refractivity contribution in [3.8, 4) is 0 Å². The number of hydrogen-bond donors (Lipinski definition) is 0. The zero-order valence-electron chi connectivity index (χ0n) is 8.31. The zero-order valence-corrected chi connectivity index (χ0v) is 8.31. The predicted molar refractivity (Wildman–Crippen MR) is 60.6 cm³/mol. The van der Waals surface area contributed by atoms with Gasteiger partial charge in [-0.25, -0.2) is 4.79 Å². The molecule has 1 aliphatic carbocycles. The van der Waals surface area contributed by atoms with E-state index in [1.54, 1.807) is 6.08 Å². The van der Waals surface area contributed by atoms with Gasteiger partial charge in [0.05, 0.1) is 5.69 Å². The van der Waals surface area contributed by atoms with Crippen LogP contribution in [0.4, 0.5) is 5.69 Å². The quantitative estimate of drug-likeness (QED) is 0.527. The third-order valence-electron chi connectivity index (χ3n) is 2.38. The number of benzene rings is 1. The van der Waals surface area contributed by atoms with Gasteiger partial charge in [-0.3, -0.25) is 0 Å². The summed E-state index contributed by atoms with van der Waals surface area (Å²) in [6, 6.07) is 7.61. The van der Waals surface area contributed by atoms with E-state index >= 15 is 0 Å². The Balaban J connectivity index is 2.47. The van der Waals surface area contributed by atoms with Crippen molar-refractivity contribution in [3.05, 3.63) is 48.1 Å². The second-order valence-electron chi connectivity index (χ2n) is 3.36. The molecule has 0 N–H and O–H groups in total. The second kappa shape index (κ2) is 4.54. The number of nitrogens with zero attached hydrogens (tertiary/aromatic N) is 1. The molecule has 0 saturated heterocycles. The molecule has 1 aliphatic rings. The number of isocyanates is 1. The fraction of sp³-hybridized carbons (Fsp3) is 0.154. The van der Waals surface area contributed by atoms with Gasteiger partial charge in [0.2, 0.25) is 6.08 Å². The Morgan fingerprint density at radius 3 is 2.80 bits per heavy atom. The van der Waals surface area contributed by atoms with E-state index in [9.17, 15) is 4.79 Å². The number of aliphatic imine (C=N–C) groups is 1. The first kappa shape index (κ1) is 9.63. The number of para-hydroxylation sites is 1. The lowest BCUT2D eigenvalue weighted by atomic mass is 9.98. The minimum atomic E-state index is 0.685. The van der Waals surface area contributed by atoms with Crippen molar-refractivity contribution in [2.45, 2.75) is 12.8 Å². The topological polar surface area (TPSA) is 29.4 Å². The highest BCUT2D eigenvalue weighted by Crippen LogP contribution is 2.29. The molecule has 0 bridgehead atoms. The molecular formula is C13H11NO. The molecule has 1 aromatic rings. The van der Waals surface area contributed by atoms with Crippen LogP contribution in [0, 0.1) is 0 Å². The monoisotopic (exact) mass is 197 g/mol. The van der Waals surface area contributed by atoms with Crippen LogP contribution in [-0.4, -0.2) is 6.08 Å². The number of hydrogen-bond acceptors (Lipinski definition) is 2. The number of allylic oxidation sites excluding steroid dienone is 4. The van der Waals surface area contributed by atoms with Crippen LogP contribution in [0.25, 0.3) is 5.57 Å². The van der Waals surface area contributed by atoms with Gasteiger partial charge in [-0.05, 0) is 24.5 Å². The maximum Gasteiger partial charge on any atom is 0.240 e. The summed E-state index contributed by atoms with van der Waals surface area (Å²) >= 11 is 0. The average Bonchev–Trinajstić information content (AvgIpc) is 2.31. The van der Waals surface area contributed by atoms with Gasteiger partial charge in [0, 0.05) is 5.56 Å². The molecule has 0 aliphatic heterocycles. The largest absolute Gasteiger partial charge is 0.240 e. The maximum atomic E-state index is 10.3. The average molecular weight is 197 g/mol. The van der Waals surface area contributed by atoms with Crippen LogP contribution in [0.15, 0.2) is 47.5 Å². The Morgan fingerprint density at radius 1 is 1.20 bits per heavy atom. The summed E-state index contributed by atoms with van der Waals surface area (Å²) in [5.74, 6) is 0. The van der Waals surface area contributed by atoms with E-state index in [1.807, 2.05) is 24.3 Å². The minimum Gasteiger partial charge on any atom is -0.211 e. The minimum absolute atomic E-state index is 0.685. The third-order valence-corrected chi connectivity index (χ3v) is 2.38. The molecule has 0 atom stereocenters. The molecule has 0 aromatic heterocycles. The Kier molecular flexibility index (Phi) is 2.91. The van der Waals surface area contributed by atoms with Crippen molar-refractivity contribution in [1.82, 2.24) is 0 Å². The fourth-order valence-electron chi connectivity index (χ4n) is 1.68. The van der Waals surface area contributed by atoms with E-state index < -0.39 is 0 Å². The van der Waals surface area contributed by atoms with E-state index in [2.05, 4.69) is 23.2 Å². The van der Waals surface area contributed by atoms with Crippen LogP contribution in [0.1, 0.15) is 18.4 Å². The molecule has 0 radical (unpaired) electrons. The Bertz CT molecular complexity index is 465. The normalized spacial score (nSPS) is 14.3. The Hall–Kier alpha value is -1.92. The van der Waals surface area contributed by atoms with Gasteiger partial charge in [-0.1, -0.05) is 36.4 Å². The molecule has 0 saturated carbocycles.